The lowest BCUT2D eigenvalue weighted by Gasteiger charge is -2.00. The molecule has 0 saturated heterocycles. The standard InChI is InChI=1S/C11H18O3/c1-5-6-7-14-9-8(10(12)13-4)11(9,2)3/h5-6,8-9H,7H2,1-4H3. The first-order valence-corrected chi connectivity index (χ1v) is 4.86. The second kappa shape index (κ2) is 4.13. The van der Waals surface area contributed by atoms with Crippen LogP contribution in [0.1, 0.15) is 20.8 Å². The molecule has 0 aliphatic heterocycles. The number of ether oxygens (including phenoxy) is 2. The number of esters is 1. The van der Waals surface area contributed by atoms with Gasteiger partial charge in [-0.1, -0.05) is 26.0 Å². The monoisotopic (exact) mass is 198 g/mol. The van der Waals surface area contributed by atoms with Gasteiger partial charge in [0.25, 0.3) is 0 Å². The first kappa shape index (κ1) is 11.2. The topological polar surface area (TPSA) is 35.5 Å². The van der Waals surface area contributed by atoms with Gasteiger partial charge in [-0.05, 0) is 6.92 Å². The highest BCUT2D eigenvalue weighted by Gasteiger charge is 2.63. The van der Waals surface area contributed by atoms with Crippen molar-refractivity contribution < 1.29 is 14.3 Å². The molecule has 0 heterocycles. The summed E-state index contributed by atoms with van der Waals surface area (Å²) in [6.45, 7) is 6.56. The Morgan fingerprint density at radius 3 is 2.64 bits per heavy atom. The van der Waals surface area contributed by atoms with Crippen LogP contribution < -0.4 is 0 Å². The van der Waals surface area contributed by atoms with Crippen LogP contribution in [0.5, 0.6) is 0 Å². The number of carbonyl (C=O) groups excluding carboxylic acids is 1. The number of hydrogen-bond donors (Lipinski definition) is 0. The molecule has 3 heteroatoms. The van der Waals surface area contributed by atoms with E-state index in [1.807, 2.05) is 32.9 Å². The van der Waals surface area contributed by atoms with Gasteiger partial charge in [0.1, 0.15) is 0 Å². The summed E-state index contributed by atoms with van der Waals surface area (Å²) in [6, 6.07) is 0. The van der Waals surface area contributed by atoms with Gasteiger partial charge < -0.3 is 9.47 Å². The SMILES string of the molecule is CC=CCOC1C(C(=O)OC)C1(C)C. The molecular formula is C11H18O3. The van der Waals surface area contributed by atoms with E-state index < -0.39 is 0 Å². The molecule has 0 bridgehead atoms. The predicted molar refractivity (Wildman–Crippen MR) is 53.8 cm³/mol. The summed E-state index contributed by atoms with van der Waals surface area (Å²) in [7, 11) is 1.42. The molecule has 80 valence electrons. The minimum atomic E-state index is -0.166. The molecule has 1 rings (SSSR count). The van der Waals surface area contributed by atoms with E-state index in [-0.39, 0.29) is 23.4 Å². The lowest BCUT2D eigenvalue weighted by molar-refractivity contribution is -0.143. The molecule has 1 saturated carbocycles. The van der Waals surface area contributed by atoms with Gasteiger partial charge in [-0.15, -0.1) is 0 Å². The van der Waals surface area contributed by atoms with Gasteiger partial charge in [-0.3, -0.25) is 4.79 Å². The van der Waals surface area contributed by atoms with Gasteiger partial charge in [0.2, 0.25) is 0 Å². The quantitative estimate of drug-likeness (QED) is 0.510. The molecule has 0 N–H and O–H groups in total. The fourth-order valence-corrected chi connectivity index (χ4v) is 1.71. The van der Waals surface area contributed by atoms with Crippen molar-refractivity contribution in [2.24, 2.45) is 11.3 Å². The second-order valence-corrected chi connectivity index (χ2v) is 4.15. The smallest absolute Gasteiger partial charge is 0.311 e. The van der Waals surface area contributed by atoms with E-state index in [0.717, 1.165) is 0 Å². The molecule has 0 radical (unpaired) electrons. The van der Waals surface area contributed by atoms with Gasteiger partial charge in [-0.2, -0.15) is 0 Å². The molecule has 1 aliphatic rings. The molecule has 2 unspecified atom stereocenters. The van der Waals surface area contributed by atoms with E-state index in [0.29, 0.717) is 6.61 Å². The third-order valence-corrected chi connectivity index (χ3v) is 2.79. The molecule has 1 aliphatic carbocycles. The fraction of sp³-hybridized carbons (Fsp3) is 0.727. The van der Waals surface area contributed by atoms with Gasteiger partial charge >= 0.3 is 5.97 Å². The minimum Gasteiger partial charge on any atom is -0.469 e. The second-order valence-electron chi connectivity index (χ2n) is 4.15. The molecule has 0 aromatic carbocycles. The zero-order valence-corrected chi connectivity index (χ0v) is 9.24. The first-order chi connectivity index (χ1) is 6.55. The Balaban J connectivity index is 2.45. The predicted octanol–water partition coefficient (Wildman–Crippen LogP) is 1.78. The van der Waals surface area contributed by atoms with Crippen LogP contribution in [0.2, 0.25) is 0 Å². The molecule has 2 atom stereocenters. The van der Waals surface area contributed by atoms with E-state index in [9.17, 15) is 4.79 Å². The lowest BCUT2D eigenvalue weighted by atomic mass is 10.1. The van der Waals surface area contributed by atoms with Gasteiger partial charge in [0, 0.05) is 5.41 Å². The number of rotatable bonds is 4. The maximum Gasteiger partial charge on any atom is 0.311 e. The molecule has 1 fully saturated rings. The maximum absolute atomic E-state index is 11.3. The van der Waals surface area contributed by atoms with Gasteiger partial charge in [-0.25, -0.2) is 0 Å². The highest BCUT2D eigenvalue weighted by molar-refractivity contribution is 5.78. The Labute approximate surface area is 85.1 Å². The Morgan fingerprint density at radius 2 is 2.14 bits per heavy atom. The summed E-state index contributed by atoms with van der Waals surface area (Å²) in [4.78, 5) is 11.3. The Hall–Kier alpha value is -0.830. The van der Waals surface area contributed by atoms with E-state index in [2.05, 4.69) is 0 Å². The van der Waals surface area contributed by atoms with Crippen LogP contribution in [0.3, 0.4) is 0 Å². The summed E-state index contributed by atoms with van der Waals surface area (Å²) in [5.41, 5.74) is -0.0747. The molecule has 0 aromatic heterocycles. The third-order valence-electron chi connectivity index (χ3n) is 2.79. The van der Waals surface area contributed by atoms with Crippen LogP contribution in [0.4, 0.5) is 0 Å². The fourth-order valence-electron chi connectivity index (χ4n) is 1.71. The van der Waals surface area contributed by atoms with Crippen molar-refractivity contribution in [3.63, 3.8) is 0 Å². The number of allylic oxidation sites excluding steroid dienone is 1. The van der Waals surface area contributed by atoms with E-state index in [1.165, 1.54) is 7.11 Å². The average molecular weight is 198 g/mol. The molecule has 3 nitrogen and oxygen atoms in total. The van der Waals surface area contributed by atoms with Crippen LogP contribution in [0, 0.1) is 11.3 Å². The average Bonchev–Trinajstić information content (AvgIpc) is 2.68. The van der Waals surface area contributed by atoms with Crippen molar-refractivity contribution in [1.82, 2.24) is 0 Å². The van der Waals surface area contributed by atoms with Crippen molar-refractivity contribution in [1.29, 1.82) is 0 Å². The highest BCUT2D eigenvalue weighted by Crippen LogP contribution is 2.54. The van der Waals surface area contributed by atoms with E-state index >= 15 is 0 Å². The van der Waals surface area contributed by atoms with Crippen LogP contribution in [0.25, 0.3) is 0 Å². The lowest BCUT2D eigenvalue weighted by Crippen LogP contribution is -2.08. The highest BCUT2D eigenvalue weighted by atomic mass is 16.5. The Bertz CT molecular complexity index is 243. The summed E-state index contributed by atoms with van der Waals surface area (Å²) in [5.74, 6) is -0.266. The number of carbonyl (C=O) groups is 1. The minimum absolute atomic E-state index is 0.00569. The third kappa shape index (κ3) is 1.98. The van der Waals surface area contributed by atoms with Crippen molar-refractivity contribution in [3.8, 4) is 0 Å². The summed E-state index contributed by atoms with van der Waals surface area (Å²) in [5, 5.41) is 0. The normalized spacial score (nSPS) is 29.1. The molecule has 14 heavy (non-hydrogen) atoms. The summed E-state index contributed by atoms with van der Waals surface area (Å²) >= 11 is 0. The van der Waals surface area contributed by atoms with E-state index in [4.69, 9.17) is 9.47 Å². The summed E-state index contributed by atoms with van der Waals surface area (Å²) < 4.78 is 10.3. The van der Waals surface area contributed by atoms with Gasteiger partial charge in [0.15, 0.2) is 0 Å². The zero-order valence-electron chi connectivity index (χ0n) is 9.24. The first-order valence-electron chi connectivity index (χ1n) is 4.86. The van der Waals surface area contributed by atoms with Crippen molar-refractivity contribution in [3.05, 3.63) is 12.2 Å². The molecule has 0 spiro atoms. The zero-order chi connectivity index (χ0) is 10.8. The van der Waals surface area contributed by atoms with E-state index in [1.54, 1.807) is 0 Å². The Kier molecular flexibility index (Phi) is 3.32. The van der Waals surface area contributed by atoms with Crippen LogP contribution in [-0.4, -0.2) is 25.8 Å². The maximum atomic E-state index is 11.3. The molecule has 0 amide bonds. The number of methoxy groups -OCH3 is 1. The Morgan fingerprint density at radius 1 is 1.50 bits per heavy atom. The van der Waals surface area contributed by atoms with Crippen LogP contribution >= 0.6 is 0 Å². The van der Waals surface area contributed by atoms with Crippen molar-refractivity contribution in [2.45, 2.75) is 26.9 Å². The molecular weight excluding hydrogens is 180 g/mol. The number of hydrogen-bond acceptors (Lipinski definition) is 3. The van der Waals surface area contributed by atoms with Crippen molar-refractivity contribution in [2.75, 3.05) is 13.7 Å². The van der Waals surface area contributed by atoms with Crippen molar-refractivity contribution >= 4 is 5.97 Å². The van der Waals surface area contributed by atoms with Gasteiger partial charge in [0.05, 0.1) is 25.7 Å². The van der Waals surface area contributed by atoms with Crippen LogP contribution in [-0.2, 0) is 14.3 Å². The van der Waals surface area contributed by atoms with Crippen LogP contribution in [0.15, 0.2) is 12.2 Å². The largest absolute Gasteiger partial charge is 0.469 e. The summed E-state index contributed by atoms with van der Waals surface area (Å²) in [6.07, 6.45) is 3.87. The molecule has 0 aromatic rings.